The topological polar surface area (TPSA) is 55.3 Å². The lowest BCUT2D eigenvalue weighted by molar-refractivity contribution is 0.482. The lowest BCUT2D eigenvalue weighted by Gasteiger charge is -2.20. The van der Waals surface area contributed by atoms with Gasteiger partial charge < -0.3 is 15.1 Å². The summed E-state index contributed by atoms with van der Waals surface area (Å²) in [5.41, 5.74) is 8.70. The number of aryl methyl sites for hydroxylation is 1. The fourth-order valence-electron chi connectivity index (χ4n) is 2.40. The fourth-order valence-corrected chi connectivity index (χ4v) is 2.73. The molecule has 3 rings (SSSR count). The third kappa shape index (κ3) is 2.74. The van der Waals surface area contributed by atoms with Crippen LogP contribution >= 0.6 is 15.9 Å². The SMILES string of the molecule is Cc1ccc(CN(C)c2ccc(N)c3cc(Br)cnc23)o1. The number of aromatic nitrogens is 1. The Hall–Kier alpha value is -2.01. The Labute approximate surface area is 131 Å². The number of furan rings is 1. The summed E-state index contributed by atoms with van der Waals surface area (Å²) in [6.45, 7) is 2.63. The minimum Gasteiger partial charge on any atom is -0.464 e. The average Bonchev–Trinajstić information content (AvgIpc) is 2.85. The first kappa shape index (κ1) is 13.9. The number of hydrogen-bond acceptors (Lipinski definition) is 4. The van der Waals surface area contributed by atoms with Crippen LogP contribution < -0.4 is 10.6 Å². The van der Waals surface area contributed by atoms with E-state index in [0.29, 0.717) is 6.54 Å². The number of pyridine rings is 1. The van der Waals surface area contributed by atoms with E-state index >= 15 is 0 Å². The molecule has 0 aliphatic heterocycles. The van der Waals surface area contributed by atoms with Crippen molar-refractivity contribution in [2.24, 2.45) is 0 Å². The zero-order valence-corrected chi connectivity index (χ0v) is 13.5. The Morgan fingerprint density at radius 3 is 2.81 bits per heavy atom. The van der Waals surface area contributed by atoms with Crippen LogP contribution in [0.3, 0.4) is 0 Å². The maximum absolute atomic E-state index is 6.05. The van der Waals surface area contributed by atoms with Crippen molar-refractivity contribution < 1.29 is 4.42 Å². The highest BCUT2D eigenvalue weighted by Gasteiger charge is 2.12. The van der Waals surface area contributed by atoms with E-state index in [4.69, 9.17) is 10.2 Å². The molecule has 0 bridgehead atoms. The molecule has 0 saturated heterocycles. The second-order valence-electron chi connectivity index (χ2n) is 5.09. The lowest BCUT2D eigenvalue weighted by atomic mass is 10.1. The summed E-state index contributed by atoms with van der Waals surface area (Å²) < 4.78 is 6.56. The minimum atomic E-state index is 0.685. The predicted molar refractivity (Wildman–Crippen MR) is 89.4 cm³/mol. The molecule has 0 aliphatic rings. The van der Waals surface area contributed by atoms with E-state index in [0.717, 1.165) is 38.3 Å². The molecule has 2 aromatic heterocycles. The van der Waals surface area contributed by atoms with Crippen molar-refractivity contribution in [2.45, 2.75) is 13.5 Å². The number of nitrogens with two attached hydrogens (primary N) is 1. The van der Waals surface area contributed by atoms with Crippen LogP contribution in [0.1, 0.15) is 11.5 Å². The first-order chi connectivity index (χ1) is 10.0. The second-order valence-corrected chi connectivity index (χ2v) is 6.01. The molecule has 0 saturated carbocycles. The van der Waals surface area contributed by atoms with E-state index in [1.54, 1.807) is 6.20 Å². The van der Waals surface area contributed by atoms with Crippen molar-refractivity contribution >= 4 is 38.2 Å². The van der Waals surface area contributed by atoms with Crippen LogP contribution in [-0.2, 0) is 6.54 Å². The van der Waals surface area contributed by atoms with E-state index in [1.807, 2.05) is 44.3 Å². The van der Waals surface area contributed by atoms with Gasteiger partial charge in [0.2, 0.25) is 0 Å². The summed E-state index contributed by atoms with van der Waals surface area (Å²) in [5.74, 6) is 1.85. The maximum Gasteiger partial charge on any atom is 0.123 e. The normalized spacial score (nSPS) is 11.0. The first-order valence-corrected chi connectivity index (χ1v) is 7.44. The van der Waals surface area contributed by atoms with Gasteiger partial charge >= 0.3 is 0 Å². The van der Waals surface area contributed by atoms with E-state index in [2.05, 4.69) is 25.8 Å². The lowest BCUT2D eigenvalue weighted by Crippen LogP contribution is -2.16. The molecule has 1 aromatic carbocycles. The number of halogens is 1. The summed E-state index contributed by atoms with van der Waals surface area (Å²) in [6, 6.07) is 9.87. The number of rotatable bonds is 3. The third-order valence-electron chi connectivity index (χ3n) is 3.43. The quantitative estimate of drug-likeness (QED) is 0.725. The molecule has 4 nitrogen and oxygen atoms in total. The summed E-state index contributed by atoms with van der Waals surface area (Å²) in [5, 5.41) is 0.948. The highest BCUT2D eigenvalue weighted by atomic mass is 79.9. The molecule has 0 aliphatic carbocycles. The van der Waals surface area contributed by atoms with Gasteiger partial charge in [-0.05, 0) is 53.2 Å². The van der Waals surface area contributed by atoms with Gasteiger partial charge in [-0.15, -0.1) is 0 Å². The zero-order chi connectivity index (χ0) is 15.0. The molecule has 0 unspecified atom stereocenters. The van der Waals surface area contributed by atoms with E-state index < -0.39 is 0 Å². The number of hydrogen-bond donors (Lipinski definition) is 1. The number of anilines is 2. The highest BCUT2D eigenvalue weighted by molar-refractivity contribution is 9.10. The van der Waals surface area contributed by atoms with Crippen molar-refractivity contribution in [2.75, 3.05) is 17.7 Å². The molecule has 5 heteroatoms. The van der Waals surface area contributed by atoms with E-state index in [9.17, 15) is 0 Å². The predicted octanol–water partition coefficient (Wildman–Crippen LogP) is 4.12. The fraction of sp³-hybridized carbons (Fsp3) is 0.188. The van der Waals surface area contributed by atoms with Crippen molar-refractivity contribution in [1.29, 1.82) is 0 Å². The molecule has 21 heavy (non-hydrogen) atoms. The molecule has 0 fully saturated rings. The Morgan fingerprint density at radius 2 is 2.10 bits per heavy atom. The summed E-state index contributed by atoms with van der Waals surface area (Å²) in [7, 11) is 2.02. The molecule has 3 aromatic rings. The monoisotopic (exact) mass is 345 g/mol. The van der Waals surface area contributed by atoms with Crippen LogP contribution in [-0.4, -0.2) is 12.0 Å². The van der Waals surface area contributed by atoms with Crippen LogP contribution in [0.2, 0.25) is 0 Å². The molecule has 0 atom stereocenters. The van der Waals surface area contributed by atoms with Crippen LogP contribution in [0.5, 0.6) is 0 Å². The molecule has 0 spiro atoms. The second kappa shape index (κ2) is 5.41. The summed E-state index contributed by atoms with van der Waals surface area (Å²) in [4.78, 5) is 6.62. The van der Waals surface area contributed by atoms with Gasteiger partial charge in [0.15, 0.2) is 0 Å². The number of nitrogen functional groups attached to an aromatic ring is 1. The average molecular weight is 346 g/mol. The van der Waals surface area contributed by atoms with Gasteiger partial charge in [-0.1, -0.05) is 0 Å². The van der Waals surface area contributed by atoms with Crippen molar-refractivity contribution in [3.63, 3.8) is 0 Å². The number of fused-ring (bicyclic) bond motifs is 1. The van der Waals surface area contributed by atoms with Gasteiger partial charge in [0.1, 0.15) is 11.5 Å². The van der Waals surface area contributed by atoms with E-state index in [1.165, 1.54) is 0 Å². The first-order valence-electron chi connectivity index (χ1n) is 6.65. The van der Waals surface area contributed by atoms with Crippen LogP contribution in [0.15, 0.2) is 45.4 Å². The zero-order valence-electron chi connectivity index (χ0n) is 11.9. The Morgan fingerprint density at radius 1 is 1.29 bits per heavy atom. The van der Waals surface area contributed by atoms with Gasteiger partial charge in [-0.3, -0.25) is 4.98 Å². The Kier molecular flexibility index (Phi) is 3.59. The van der Waals surface area contributed by atoms with Crippen LogP contribution in [0.25, 0.3) is 10.9 Å². The van der Waals surface area contributed by atoms with Gasteiger partial charge in [0, 0.05) is 28.8 Å². The minimum absolute atomic E-state index is 0.685. The Balaban J connectivity index is 2.01. The molecular formula is C16H16BrN3O. The van der Waals surface area contributed by atoms with Crippen LogP contribution in [0.4, 0.5) is 11.4 Å². The summed E-state index contributed by atoms with van der Waals surface area (Å²) >= 11 is 3.44. The molecule has 0 radical (unpaired) electrons. The van der Waals surface area contributed by atoms with Gasteiger partial charge in [-0.25, -0.2) is 0 Å². The highest BCUT2D eigenvalue weighted by Crippen LogP contribution is 2.31. The van der Waals surface area contributed by atoms with Crippen molar-refractivity contribution in [3.8, 4) is 0 Å². The maximum atomic E-state index is 6.05. The van der Waals surface area contributed by atoms with Crippen molar-refractivity contribution in [1.82, 2.24) is 4.98 Å². The third-order valence-corrected chi connectivity index (χ3v) is 3.86. The Bertz CT molecular complexity index is 797. The van der Waals surface area contributed by atoms with Crippen molar-refractivity contribution in [3.05, 3.63) is 52.5 Å². The number of benzene rings is 1. The van der Waals surface area contributed by atoms with Gasteiger partial charge in [0.05, 0.1) is 17.7 Å². The molecule has 108 valence electrons. The van der Waals surface area contributed by atoms with Crippen LogP contribution in [0, 0.1) is 6.92 Å². The van der Waals surface area contributed by atoms with Gasteiger partial charge in [-0.2, -0.15) is 0 Å². The molecule has 2 N–H and O–H groups in total. The van der Waals surface area contributed by atoms with Gasteiger partial charge in [0.25, 0.3) is 0 Å². The molecular weight excluding hydrogens is 330 g/mol. The molecule has 2 heterocycles. The largest absolute Gasteiger partial charge is 0.464 e. The summed E-state index contributed by atoms with van der Waals surface area (Å²) in [6.07, 6.45) is 1.79. The molecule has 0 amide bonds. The van der Waals surface area contributed by atoms with E-state index in [-0.39, 0.29) is 0 Å². The smallest absolute Gasteiger partial charge is 0.123 e. The number of nitrogens with zero attached hydrogens (tertiary/aromatic N) is 2. The standard InChI is InChI=1S/C16H16BrN3O/c1-10-3-4-12(21-10)9-20(2)15-6-5-14(18)13-7-11(17)8-19-16(13)15/h3-8H,9,18H2,1-2H3.